The van der Waals surface area contributed by atoms with Gasteiger partial charge in [0, 0.05) is 45.3 Å². The van der Waals surface area contributed by atoms with Crippen molar-refractivity contribution in [3.63, 3.8) is 0 Å². The van der Waals surface area contributed by atoms with Crippen LogP contribution in [-0.4, -0.2) is 188 Å². The molecule has 3 heterocycles. The normalized spacial score (nSPS) is 37.3. The van der Waals surface area contributed by atoms with Gasteiger partial charge in [0.25, 0.3) is 0 Å². The number of nitrogens with zero attached hydrogens (tertiary/aromatic N) is 2. The van der Waals surface area contributed by atoms with E-state index in [9.17, 15) is 34.5 Å². The fourth-order valence-electron chi connectivity index (χ4n) is 9.96. The first-order valence-electron chi connectivity index (χ1n) is 25.4. The average molecular weight is 999 g/mol. The summed E-state index contributed by atoms with van der Waals surface area (Å²) in [6, 6.07) is -0.862. The van der Waals surface area contributed by atoms with E-state index in [0.29, 0.717) is 25.7 Å². The molecule has 3 aliphatic heterocycles. The van der Waals surface area contributed by atoms with Crippen molar-refractivity contribution in [2.45, 2.75) is 231 Å². The van der Waals surface area contributed by atoms with Gasteiger partial charge >= 0.3 is 17.9 Å². The predicted octanol–water partition coefficient (Wildman–Crippen LogP) is 4.91. The van der Waals surface area contributed by atoms with E-state index in [1.54, 1.807) is 60.5 Å². The number of aldehydes is 1. The lowest BCUT2D eigenvalue weighted by Crippen LogP contribution is -2.66. The Morgan fingerprint density at radius 1 is 0.943 bits per heavy atom. The summed E-state index contributed by atoms with van der Waals surface area (Å²) < 4.78 is 56.6. The lowest BCUT2D eigenvalue weighted by molar-refractivity contribution is -0.344. The molecule has 0 aromatic carbocycles. The number of aliphatic hydroxyl groups excluding tert-OH is 2. The van der Waals surface area contributed by atoms with E-state index in [2.05, 4.69) is 0 Å². The second-order valence-corrected chi connectivity index (χ2v) is 21.0. The summed E-state index contributed by atoms with van der Waals surface area (Å²) in [7, 11) is 8.82. The summed E-state index contributed by atoms with van der Waals surface area (Å²) in [5, 5.41) is 34.4. The molecular weight excluding hydrogens is 909 g/mol. The van der Waals surface area contributed by atoms with Crippen molar-refractivity contribution in [3.05, 3.63) is 24.3 Å². The molecule has 404 valence electrons. The van der Waals surface area contributed by atoms with Crippen LogP contribution in [0.2, 0.25) is 0 Å². The highest BCUT2D eigenvalue weighted by molar-refractivity contribution is 5.72. The highest BCUT2D eigenvalue weighted by atomic mass is 16.7. The van der Waals surface area contributed by atoms with Crippen molar-refractivity contribution in [1.82, 2.24) is 9.80 Å². The number of methoxy groups -OCH3 is 1. The molecule has 3 aliphatic rings. The predicted molar refractivity (Wildman–Crippen MR) is 261 cm³/mol. The van der Waals surface area contributed by atoms with Crippen LogP contribution < -0.4 is 0 Å². The molecule has 0 spiro atoms. The van der Waals surface area contributed by atoms with Crippen LogP contribution in [0, 0.1) is 17.8 Å². The van der Waals surface area contributed by atoms with Crippen LogP contribution in [0.25, 0.3) is 0 Å². The molecule has 3 N–H and O–H groups in total. The molecule has 3 rings (SSSR count). The van der Waals surface area contributed by atoms with E-state index < -0.39 is 122 Å². The molecule has 0 aromatic heterocycles. The Hall–Kier alpha value is -2.88. The summed E-state index contributed by atoms with van der Waals surface area (Å²) in [4.78, 5) is 55.9. The minimum absolute atomic E-state index is 0.00370. The molecule has 0 amide bonds. The molecule has 70 heavy (non-hydrogen) atoms. The first-order valence-corrected chi connectivity index (χ1v) is 25.4. The van der Waals surface area contributed by atoms with E-state index in [1.807, 2.05) is 71.0 Å². The number of carbonyl (C=O) groups is 4. The van der Waals surface area contributed by atoms with Gasteiger partial charge in [-0.1, -0.05) is 52.0 Å². The molecule has 0 saturated carbocycles. The van der Waals surface area contributed by atoms with E-state index in [-0.39, 0.29) is 49.7 Å². The van der Waals surface area contributed by atoms with Gasteiger partial charge in [0.05, 0.1) is 49.1 Å². The maximum absolute atomic E-state index is 13.6. The fourth-order valence-corrected chi connectivity index (χ4v) is 9.96. The number of hydrogen-bond acceptors (Lipinski definition) is 18. The number of allylic oxidation sites excluding steroid dienone is 2. The lowest BCUT2D eigenvalue weighted by atomic mass is 9.82. The highest BCUT2D eigenvalue weighted by Crippen LogP contribution is 2.38. The third-order valence-electron chi connectivity index (χ3n) is 13.6. The number of ether oxygens (including phenoxy) is 9. The van der Waals surface area contributed by atoms with Gasteiger partial charge in [-0.3, -0.25) is 14.4 Å². The zero-order chi connectivity index (χ0) is 52.6. The van der Waals surface area contributed by atoms with E-state index in [0.717, 1.165) is 6.29 Å². The molecule has 19 atom stereocenters. The molecule has 0 bridgehead atoms. The van der Waals surface area contributed by atoms with Gasteiger partial charge in [-0.15, -0.1) is 0 Å². The zero-order valence-corrected chi connectivity index (χ0v) is 44.8. The molecule has 2 saturated heterocycles. The van der Waals surface area contributed by atoms with Crippen molar-refractivity contribution in [2.75, 3.05) is 35.3 Å². The Bertz CT molecular complexity index is 1650. The van der Waals surface area contributed by atoms with Crippen LogP contribution >= 0.6 is 0 Å². The lowest BCUT2D eigenvalue weighted by Gasteiger charge is -2.50. The Kier molecular flexibility index (Phi) is 25.6. The number of rotatable bonds is 20. The summed E-state index contributed by atoms with van der Waals surface area (Å²) in [5.74, 6) is -2.55. The molecule has 18 nitrogen and oxygen atoms in total. The van der Waals surface area contributed by atoms with Crippen LogP contribution in [0.5, 0.6) is 0 Å². The van der Waals surface area contributed by atoms with E-state index >= 15 is 0 Å². The Morgan fingerprint density at radius 3 is 2.20 bits per heavy atom. The highest BCUT2D eigenvalue weighted by Gasteiger charge is 2.53. The maximum atomic E-state index is 13.6. The largest absolute Gasteiger partial charge is 0.462 e. The second-order valence-electron chi connectivity index (χ2n) is 21.0. The van der Waals surface area contributed by atoms with Crippen LogP contribution in [0.15, 0.2) is 24.3 Å². The second kappa shape index (κ2) is 29.1. The molecule has 2 fully saturated rings. The smallest absolute Gasteiger partial charge is 0.309 e. The topological polar surface area (TPSA) is 219 Å². The number of likely N-dealkylation sites (N-methyl/N-ethyl adjacent to an activating group) is 2. The number of carbonyl (C=O) groups excluding carboxylic acids is 4. The van der Waals surface area contributed by atoms with Gasteiger partial charge in [0.15, 0.2) is 18.7 Å². The van der Waals surface area contributed by atoms with Crippen molar-refractivity contribution in [3.8, 4) is 0 Å². The van der Waals surface area contributed by atoms with Crippen molar-refractivity contribution < 1.29 is 77.1 Å². The number of hydrogen-bond donors (Lipinski definition) is 3. The molecule has 0 aromatic rings. The molecule has 17 unspecified atom stereocenters. The average Bonchev–Trinajstić information content (AvgIpc) is 3.24. The Morgan fingerprint density at radius 2 is 1.63 bits per heavy atom. The number of esters is 3. The molecule has 0 aliphatic carbocycles. The van der Waals surface area contributed by atoms with Crippen molar-refractivity contribution >= 4 is 24.2 Å². The summed E-state index contributed by atoms with van der Waals surface area (Å²) in [5.41, 5.74) is -1.51. The van der Waals surface area contributed by atoms with E-state index in [1.165, 1.54) is 7.11 Å². The molecule has 18 heteroatoms. The number of aliphatic hydroxyl groups is 3. The maximum Gasteiger partial charge on any atom is 0.309 e. The summed E-state index contributed by atoms with van der Waals surface area (Å²) >= 11 is 0. The SMILES string of the molecule is CCC(=O)OC1CC(=O)OC(C)C/C=C/C=C/C(OC(C)CCC(C(C)O)N(C)C)C(C)C[C@@H](CC=O)C(OC2OC(C)C(OC3CC(C)(O)C(OC(=O)CC(C)C)C(C)O3)C(N(C)C)[C@H]2O)C1OC. The number of cyclic esters (lactones) is 1. The van der Waals surface area contributed by atoms with Gasteiger partial charge in [-0.05, 0) is 107 Å². The quantitative estimate of drug-likeness (QED) is 0.0839. The monoisotopic (exact) mass is 999 g/mol. The van der Waals surface area contributed by atoms with Crippen LogP contribution in [0.4, 0.5) is 0 Å². The minimum Gasteiger partial charge on any atom is -0.462 e. The first-order chi connectivity index (χ1) is 32.8. The van der Waals surface area contributed by atoms with Gasteiger partial charge < -0.3 is 72.5 Å². The summed E-state index contributed by atoms with van der Waals surface area (Å²) in [6.45, 7) is 18.0. The summed E-state index contributed by atoms with van der Waals surface area (Å²) in [6.07, 6.45) is -2.24. The van der Waals surface area contributed by atoms with Crippen molar-refractivity contribution in [1.29, 1.82) is 0 Å². The minimum atomic E-state index is -1.51. The van der Waals surface area contributed by atoms with Crippen LogP contribution in [0.1, 0.15) is 127 Å². The van der Waals surface area contributed by atoms with Crippen LogP contribution in [-0.2, 0) is 61.8 Å². The van der Waals surface area contributed by atoms with E-state index in [4.69, 9.17) is 42.6 Å². The molecule has 0 radical (unpaired) electrons. The zero-order valence-electron chi connectivity index (χ0n) is 44.8. The third-order valence-corrected chi connectivity index (χ3v) is 13.6. The Labute approximate surface area is 418 Å². The molecular formula is C52H90N2O16. The van der Waals surface area contributed by atoms with Gasteiger partial charge in [-0.25, -0.2) is 0 Å². The van der Waals surface area contributed by atoms with Gasteiger partial charge in [0.2, 0.25) is 0 Å². The van der Waals surface area contributed by atoms with Gasteiger partial charge in [0.1, 0.15) is 42.4 Å². The fraction of sp³-hybridized carbons (Fsp3) is 0.846. The Balaban J connectivity index is 2.07. The van der Waals surface area contributed by atoms with Crippen molar-refractivity contribution in [2.24, 2.45) is 17.8 Å². The van der Waals surface area contributed by atoms with Crippen LogP contribution in [0.3, 0.4) is 0 Å². The third kappa shape index (κ3) is 18.6. The first kappa shape index (κ1) is 61.4. The van der Waals surface area contributed by atoms with Gasteiger partial charge in [-0.2, -0.15) is 0 Å². The standard InChI is InChI=1S/C52H90N2O16/c1-16-41(57)67-40-28-43(59)64-32(5)20-18-17-19-21-39(63-33(6)22-23-38(34(7)56)53(11)12)31(4)27-37(24-25-55)48(49(40)62-15)70-51-46(60)45(54(13)14)47(35(8)66-51)69-44-29-52(10,61)50(36(9)65-44)68-42(58)26-30(2)3/h17-19,21,25,30-40,44-51,56,60-61H,16,20,22-24,26-29H2,1-15H3/b18-17+,21-19+/t31?,32?,33?,34?,35?,36?,37-,38?,39?,40?,44?,45?,46-,47?,48?,49?,50?,51?,52?/m1/s1.